The highest BCUT2D eigenvalue weighted by Gasteiger charge is 2.28. The van der Waals surface area contributed by atoms with Crippen molar-refractivity contribution in [3.63, 3.8) is 0 Å². The second kappa shape index (κ2) is 4.31. The number of hydrogen-bond donors (Lipinski definition) is 1. The summed E-state index contributed by atoms with van der Waals surface area (Å²) in [4.78, 5) is 15.3. The van der Waals surface area contributed by atoms with Gasteiger partial charge in [0.1, 0.15) is 0 Å². The number of thioether (sulfide) groups is 1. The van der Waals surface area contributed by atoms with Crippen LogP contribution < -0.4 is 0 Å². The molecule has 1 saturated carbocycles. The third kappa shape index (κ3) is 2.10. The van der Waals surface area contributed by atoms with Crippen molar-refractivity contribution in [2.45, 2.75) is 31.0 Å². The summed E-state index contributed by atoms with van der Waals surface area (Å²) in [6.45, 7) is 2.04. The van der Waals surface area contributed by atoms with Gasteiger partial charge in [0.05, 0.1) is 16.8 Å². The van der Waals surface area contributed by atoms with Gasteiger partial charge in [0, 0.05) is 6.04 Å². The average molecular weight is 262 g/mol. The first-order valence-corrected chi connectivity index (χ1v) is 6.97. The highest BCUT2D eigenvalue weighted by molar-refractivity contribution is 7.99. The third-order valence-electron chi connectivity index (χ3n) is 3.05. The van der Waals surface area contributed by atoms with Crippen LogP contribution in [0.3, 0.4) is 0 Å². The average Bonchev–Trinajstić information content (AvgIpc) is 3.08. The smallest absolute Gasteiger partial charge is 0.313 e. The largest absolute Gasteiger partial charge is 0.481 e. The number of benzene rings is 1. The molecule has 18 heavy (non-hydrogen) atoms. The molecule has 1 heterocycles. The number of imidazole rings is 1. The highest BCUT2D eigenvalue weighted by atomic mass is 32.2. The minimum atomic E-state index is -0.800. The van der Waals surface area contributed by atoms with Crippen LogP contribution in [0.2, 0.25) is 0 Å². The zero-order valence-electron chi connectivity index (χ0n) is 10.1. The summed E-state index contributed by atoms with van der Waals surface area (Å²) in [5.74, 6) is -0.736. The van der Waals surface area contributed by atoms with Crippen LogP contribution in [0.1, 0.15) is 24.4 Å². The fraction of sp³-hybridized carbons (Fsp3) is 0.385. The second-order valence-electron chi connectivity index (χ2n) is 4.67. The van der Waals surface area contributed by atoms with Gasteiger partial charge >= 0.3 is 5.97 Å². The van der Waals surface area contributed by atoms with E-state index in [0.29, 0.717) is 6.04 Å². The van der Waals surface area contributed by atoms with Crippen molar-refractivity contribution in [1.29, 1.82) is 0 Å². The van der Waals surface area contributed by atoms with E-state index in [1.54, 1.807) is 0 Å². The van der Waals surface area contributed by atoms with Crippen molar-refractivity contribution >= 4 is 28.8 Å². The van der Waals surface area contributed by atoms with E-state index in [4.69, 9.17) is 5.11 Å². The maximum atomic E-state index is 10.7. The zero-order chi connectivity index (χ0) is 12.7. The Morgan fingerprint density at radius 1 is 1.56 bits per heavy atom. The standard InChI is InChI=1S/C13H14N2O2S/c1-8-2-5-11-10(6-8)14-13(18-7-12(16)17)15(11)9-3-4-9/h2,5-6,9H,3-4,7H2,1H3,(H,16,17). The predicted octanol–water partition coefficient (Wildman–Crippen LogP) is 2.86. The molecular weight excluding hydrogens is 248 g/mol. The van der Waals surface area contributed by atoms with Gasteiger partial charge in [-0.05, 0) is 37.5 Å². The van der Waals surface area contributed by atoms with Crippen LogP contribution in [0, 0.1) is 6.92 Å². The van der Waals surface area contributed by atoms with Crippen molar-refractivity contribution in [2.75, 3.05) is 5.75 Å². The summed E-state index contributed by atoms with van der Waals surface area (Å²) in [5.41, 5.74) is 3.27. The number of carbonyl (C=O) groups is 1. The van der Waals surface area contributed by atoms with E-state index in [2.05, 4.69) is 27.8 Å². The van der Waals surface area contributed by atoms with Gasteiger partial charge < -0.3 is 9.67 Å². The molecule has 1 fully saturated rings. The molecule has 4 nitrogen and oxygen atoms in total. The number of carboxylic acids is 1. The molecular formula is C13H14N2O2S. The number of aryl methyl sites for hydroxylation is 1. The molecule has 2 aromatic rings. The highest BCUT2D eigenvalue weighted by Crippen LogP contribution is 2.41. The predicted molar refractivity (Wildman–Crippen MR) is 71.1 cm³/mol. The van der Waals surface area contributed by atoms with Gasteiger partial charge in [-0.3, -0.25) is 4.79 Å². The van der Waals surface area contributed by atoms with Crippen LogP contribution in [0.25, 0.3) is 11.0 Å². The van der Waals surface area contributed by atoms with Crippen LogP contribution in [0.5, 0.6) is 0 Å². The number of aromatic nitrogens is 2. The molecule has 0 spiro atoms. The second-order valence-corrected chi connectivity index (χ2v) is 5.61. The van der Waals surface area contributed by atoms with Gasteiger partial charge in [-0.15, -0.1) is 0 Å². The van der Waals surface area contributed by atoms with E-state index in [1.165, 1.54) is 30.2 Å². The Morgan fingerprint density at radius 2 is 2.33 bits per heavy atom. The maximum absolute atomic E-state index is 10.7. The molecule has 0 unspecified atom stereocenters. The van der Waals surface area contributed by atoms with E-state index in [-0.39, 0.29) is 5.75 Å². The number of fused-ring (bicyclic) bond motifs is 1. The van der Waals surface area contributed by atoms with Crippen LogP contribution in [0.4, 0.5) is 0 Å². The first kappa shape index (κ1) is 11.6. The molecule has 0 bridgehead atoms. The summed E-state index contributed by atoms with van der Waals surface area (Å²) in [6.07, 6.45) is 2.33. The Balaban J connectivity index is 2.05. The first-order chi connectivity index (χ1) is 8.65. The lowest BCUT2D eigenvalue weighted by Gasteiger charge is -2.05. The molecule has 1 aliphatic carbocycles. The van der Waals surface area contributed by atoms with Crippen LogP contribution in [0.15, 0.2) is 23.4 Å². The number of hydrogen-bond acceptors (Lipinski definition) is 3. The van der Waals surface area contributed by atoms with Crippen molar-refractivity contribution in [1.82, 2.24) is 9.55 Å². The zero-order valence-corrected chi connectivity index (χ0v) is 10.9. The van der Waals surface area contributed by atoms with Crippen molar-refractivity contribution < 1.29 is 9.90 Å². The summed E-state index contributed by atoms with van der Waals surface area (Å²) in [6, 6.07) is 6.72. The molecule has 0 amide bonds. The summed E-state index contributed by atoms with van der Waals surface area (Å²) in [5, 5.41) is 9.61. The van der Waals surface area contributed by atoms with E-state index in [9.17, 15) is 4.79 Å². The molecule has 0 radical (unpaired) electrons. The lowest BCUT2D eigenvalue weighted by Crippen LogP contribution is -2.01. The lowest BCUT2D eigenvalue weighted by atomic mass is 10.2. The summed E-state index contributed by atoms with van der Waals surface area (Å²) < 4.78 is 2.20. The topological polar surface area (TPSA) is 55.1 Å². The molecule has 1 aromatic heterocycles. The number of nitrogens with zero attached hydrogens (tertiary/aromatic N) is 2. The normalized spacial score (nSPS) is 15.2. The van der Waals surface area contributed by atoms with Gasteiger partial charge in [0.2, 0.25) is 0 Å². The van der Waals surface area contributed by atoms with Gasteiger partial charge in [-0.25, -0.2) is 4.98 Å². The Bertz CT molecular complexity index is 617. The Labute approximate surface area is 109 Å². The molecule has 1 N–H and O–H groups in total. The Morgan fingerprint density at radius 3 is 3.00 bits per heavy atom. The minimum absolute atomic E-state index is 0.0645. The van der Waals surface area contributed by atoms with E-state index in [0.717, 1.165) is 16.2 Å². The Kier molecular flexibility index (Phi) is 2.78. The summed E-state index contributed by atoms with van der Waals surface area (Å²) >= 11 is 1.31. The number of aliphatic carboxylic acids is 1. The van der Waals surface area contributed by atoms with E-state index >= 15 is 0 Å². The molecule has 94 valence electrons. The maximum Gasteiger partial charge on any atom is 0.313 e. The number of rotatable bonds is 4. The van der Waals surface area contributed by atoms with Gasteiger partial charge in [-0.1, -0.05) is 17.8 Å². The number of carboxylic acid groups (broad SMARTS) is 1. The molecule has 0 aliphatic heterocycles. The monoisotopic (exact) mass is 262 g/mol. The minimum Gasteiger partial charge on any atom is -0.481 e. The van der Waals surface area contributed by atoms with E-state index in [1.807, 2.05) is 6.92 Å². The fourth-order valence-electron chi connectivity index (χ4n) is 2.10. The molecule has 0 atom stereocenters. The van der Waals surface area contributed by atoms with Gasteiger partial charge in [-0.2, -0.15) is 0 Å². The van der Waals surface area contributed by atoms with Crippen molar-refractivity contribution in [3.8, 4) is 0 Å². The van der Waals surface area contributed by atoms with Crippen LogP contribution in [-0.4, -0.2) is 26.4 Å². The SMILES string of the molecule is Cc1ccc2c(c1)nc(SCC(=O)O)n2C1CC1. The molecule has 3 rings (SSSR count). The lowest BCUT2D eigenvalue weighted by molar-refractivity contribution is -0.133. The molecule has 0 saturated heterocycles. The van der Waals surface area contributed by atoms with Crippen LogP contribution in [-0.2, 0) is 4.79 Å². The van der Waals surface area contributed by atoms with Gasteiger partial charge in [0.15, 0.2) is 5.16 Å². The summed E-state index contributed by atoms with van der Waals surface area (Å²) in [7, 11) is 0. The Hall–Kier alpha value is -1.49. The van der Waals surface area contributed by atoms with Crippen molar-refractivity contribution in [3.05, 3.63) is 23.8 Å². The quantitative estimate of drug-likeness (QED) is 0.861. The van der Waals surface area contributed by atoms with Crippen LogP contribution >= 0.6 is 11.8 Å². The first-order valence-electron chi connectivity index (χ1n) is 5.98. The van der Waals surface area contributed by atoms with E-state index < -0.39 is 5.97 Å². The fourth-order valence-corrected chi connectivity index (χ4v) is 2.90. The van der Waals surface area contributed by atoms with Gasteiger partial charge in [0.25, 0.3) is 0 Å². The molecule has 5 heteroatoms. The third-order valence-corrected chi connectivity index (χ3v) is 3.99. The molecule has 1 aliphatic rings. The molecule has 1 aromatic carbocycles. The van der Waals surface area contributed by atoms with Crippen molar-refractivity contribution in [2.24, 2.45) is 0 Å².